The van der Waals surface area contributed by atoms with Crippen molar-refractivity contribution < 1.29 is 24.1 Å². The summed E-state index contributed by atoms with van der Waals surface area (Å²) in [6, 6.07) is 12.7. The van der Waals surface area contributed by atoms with Crippen molar-refractivity contribution in [2.24, 2.45) is 0 Å². The predicted molar refractivity (Wildman–Crippen MR) is 95.4 cm³/mol. The van der Waals surface area contributed by atoms with E-state index in [9.17, 15) is 19.4 Å². The minimum absolute atomic E-state index is 0.103. The van der Waals surface area contributed by atoms with Gasteiger partial charge in [-0.05, 0) is 40.8 Å². The third kappa shape index (κ3) is 4.01. The second-order valence-electron chi connectivity index (χ2n) is 6.65. The van der Waals surface area contributed by atoms with Gasteiger partial charge in [-0.25, -0.2) is 4.39 Å². The fourth-order valence-corrected chi connectivity index (χ4v) is 3.25. The Balaban J connectivity index is 1.81. The molecular formula is C21H23FO4. The minimum Gasteiger partial charge on any atom is -0.393 e. The number of halogens is 1. The van der Waals surface area contributed by atoms with Crippen molar-refractivity contribution >= 4 is 5.78 Å². The first-order chi connectivity index (χ1) is 12.5. The topological polar surface area (TPSA) is 66.8 Å². The van der Waals surface area contributed by atoms with Gasteiger partial charge in [-0.15, -0.1) is 0 Å². The molecule has 0 amide bonds. The van der Waals surface area contributed by atoms with E-state index < -0.39 is 30.7 Å². The first kappa shape index (κ1) is 18.7. The number of ether oxygens (including phenoxy) is 1. The number of aliphatic hydroxyl groups excluding tert-OH is 2. The molecule has 1 aliphatic rings. The van der Waals surface area contributed by atoms with Crippen LogP contribution < -0.4 is 0 Å². The summed E-state index contributed by atoms with van der Waals surface area (Å²) < 4.78 is 19.9. The number of Topliss-reactive ketones (excluding diaryl/α,β-unsaturated/α-hetero) is 1. The molecular weight excluding hydrogens is 335 g/mol. The zero-order valence-corrected chi connectivity index (χ0v) is 14.7. The molecule has 0 spiro atoms. The van der Waals surface area contributed by atoms with Crippen LogP contribution in [0.1, 0.15) is 41.7 Å². The highest BCUT2D eigenvalue weighted by Gasteiger charge is 2.36. The van der Waals surface area contributed by atoms with E-state index in [2.05, 4.69) is 6.92 Å². The van der Waals surface area contributed by atoms with Gasteiger partial charge < -0.3 is 14.9 Å². The molecule has 3 atom stereocenters. The zero-order chi connectivity index (χ0) is 18.7. The van der Waals surface area contributed by atoms with Gasteiger partial charge in [-0.3, -0.25) is 4.79 Å². The number of carbonyl (C=O) groups is 1. The summed E-state index contributed by atoms with van der Waals surface area (Å²) in [4.78, 5) is 11.8. The van der Waals surface area contributed by atoms with Crippen LogP contribution in [-0.4, -0.2) is 34.8 Å². The standard InChI is InChI=1S/C21H23FO4/c1-2-13-3-5-14(6-4-13)9-16-10-15(7-8-17(16)22)19-11-18(24)21(25)20(12-23)26-19/h3-8,10,18-20,23-24H,2,9,11-12H2,1H3. The third-order valence-electron chi connectivity index (χ3n) is 4.84. The SMILES string of the molecule is CCc1ccc(Cc2cc(C3CC(O)C(=O)C(CO)O3)ccc2F)cc1. The Bertz CT molecular complexity index is 772. The molecule has 2 aromatic rings. The molecule has 2 aromatic carbocycles. The molecule has 0 saturated carbocycles. The Morgan fingerprint density at radius 1 is 1.15 bits per heavy atom. The van der Waals surface area contributed by atoms with Gasteiger partial charge in [0.2, 0.25) is 0 Å². The van der Waals surface area contributed by atoms with Crippen LogP contribution in [-0.2, 0) is 22.4 Å². The molecule has 0 bridgehead atoms. The number of hydrogen-bond acceptors (Lipinski definition) is 4. The van der Waals surface area contributed by atoms with Crippen LogP contribution in [0, 0.1) is 5.82 Å². The van der Waals surface area contributed by atoms with Gasteiger partial charge >= 0.3 is 0 Å². The first-order valence-electron chi connectivity index (χ1n) is 8.86. The van der Waals surface area contributed by atoms with Crippen LogP contribution in [0.3, 0.4) is 0 Å². The van der Waals surface area contributed by atoms with Crippen molar-refractivity contribution in [2.75, 3.05) is 6.61 Å². The fraction of sp³-hybridized carbons (Fsp3) is 0.381. The lowest BCUT2D eigenvalue weighted by molar-refractivity contribution is -0.161. The van der Waals surface area contributed by atoms with Crippen molar-refractivity contribution in [3.8, 4) is 0 Å². The summed E-state index contributed by atoms with van der Waals surface area (Å²) in [6.07, 6.45) is -1.27. The average Bonchev–Trinajstić information content (AvgIpc) is 2.66. The van der Waals surface area contributed by atoms with Crippen LogP contribution >= 0.6 is 0 Å². The van der Waals surface area contributed by atoms with E-state index in [1.54, 1.807) is 12.1 Å². The molecule has 0 aromatic heterocycles. The van der Waals surface area contributed by atoms with E-state index in [-0.39, 0.29) is 12.2 Å². The van der Waals surface area contributed by atoms with Crippen molar-refractivity contribution in [3.63, 3.8) is 0 Å². The molecule has 1 fully saturated rings. The van der Waals surface area contributed by atoms with Gasteiger partial charge in [0.15, 0.2) is 5.78 Å². The van der Waals surface area contributed by atoms with Gasteiger partial charge in [0.25, 0.3) is 0 Å². The molecule has 1 aliphatic heterocycles. The Morgan fingerprint density at radius 3 is 2.50 bits per heavy atom. The number of aliphatic hydroxyl groups is 2. The summed E-state index contributed by atoms with van der Waals surface area (Å²) in [5, 5.41) is 19.2. The Labute approximate surface area is 152 Å². The van der Waals surface area contributed by atoms with Gasteiger partial charge in [0.05, 0.1) is 12.7 Å². The molecule has 4 nitrogen and oxygen atoms in total. The molecule has 3 unspecified atom stereocenters. The zero-order valence-electron chi connectivity index (χ0n) is 14.7. The molecule has 0 radical (unpaired) electrons. The lowest BCUT2D eigenvalue weighted by atomic mass is 9.93. The van der Waals surface area contributed by atoms with Crippen molar-refractivity contribution in [1.29, 1.82) is 0 Å². The largest absolute Gasteiger partial charge is 0.393 e. The van der Waals surface area contributed by atoms with E-state index in [1.807, 2.05) is 24.3 Å². The van der Waals surface area contributed by atoms with Crippen molar-refractivity contribution in [2.45, 2.75) is 44.5 Å². The second-order valence-corrected chi connectivity index (χ2v) is 6.65. The number of hydrogen-bond donors (Lipinski definition) is 2. The summed E-state index contributed by atoms with van der Waals surface area (Å²) in [5.41, 5.74) is 3.46. The normalized spacial score (nSPS) is 23.2. The molecule has 3 rings (SSSR count). The van der Waals surface area contributed by atoms with Crippen LogP contribution in [0.2, 0.25) is 0 Å². The molecule has 1 saturated heterocycles. The Hall–Kier alpha value is -2.08. The molecule has 138 valence electrons. The van der Waals surface area contributed by atoms with Crippen LogP contribution in [0.5, 0.6) is 0 Å². The number of rotatable bonds is 5. The van der Waals surface area contributed by atoms with E-state index in [0.29, 0.717) is 17.5 Å². The quantitative estimate of drug-likeness (QED) is 0.863. The lowest BCUT2D eigenvalue weighted by Crippen LogP contribution is -2.43. The molecule has 1 heterocycles. The maximum absolute atomic E-state index is 14.3. The maximum Gasteiger partial charge on any atom is 0.192 e. The maximum atomic E-state index is 14.3. The smallest absolute Gasteiger partial charge is 0.192 e. The van der Waals surface area contributed by atoms with Crippen molar-refractivity contribution in [3.05, 3.63) is 70.5 Å². The van der Waals surface area contributed by atoms with E-state index in [1.165, 1.54) is 11.6 Å². The summed E-state index contributed by atoms with van der Waals surface area (Å²) in [6.45, 7) is 1.60. The monoisotopic (exact) mass is 358 g/mol. The Kier molecular flexibility index (Phi) is 5.81. The molecule has 0 aliphatic carbocycles. The third-order valence-corrected chi connectivity index (χ3v) is 4.84. The van der Waals surface area contributed by atoms with Gasteiger partial charge in [-0.2, -0.15) is 0 Å². The van der Waals surface area contributed by atoms with Gasteiger partial charge in [0, 0.05) is 12.8 Å². The average molecular weight is 358 g/mol. The molecule has 5 heteroatoms. The second kappa shape index (κ2) is 8.08. The van der Waals surface area contributed by atoms with Crippen LogP contribution in [0.25, 0.3) is 0 Å². The predicted octanol–water partition coefficient (Wildman–Crippen LogP) is 2.73. The number of carbonyl (C=O) groups excluding carboxylic acids is 1. The van der Waals surface area contributed by atoms with Crippen LogP contribution in [0.15, 0.2) is 42.5 Å². The summed E-state index contributed by atoms with van der Waals surface area (Å²) in [5.74, 6) is -0.818. The van der Waals surface area contributed by atoms with E-state index in [4.69, 9.17) is 4.74 Å². The number of benzene rings is 2. The lowest BCUT2D eigenvalue weighted by Gasteiger charge is -2.31. The fourth-order valence-electron chi connectivity index (χ4n) is 3.25. The first-order valence-corrected chi connectivity index (χ1v) is 8.86. The van der Waals surface area contributed by atoms with Crippen molar-refractivity contribution in [1.82, 2.24) is 0 Å². The highest BCUT2D eigenvalue weighted by molar-refractivity contribution is 5.88. The van der Waals surface area contributed by atoms with E-state index >= 15 is 0 Å². The number of ketones is 1. The Morgan fingerprint density at radius 2 is 1.85 bits per heavy atom. The molecule has 2 N–H and O–H groups in total. The van der Waals surface area contributed by atoms with Gasteiger partial charge in [0.1, 0.15) is 18.0 Å². The molecule has 26 heavy (non-hydrogen) atoms. The minimum atomic E-state index is -1.18. The summed E-state index contributed by atoms with van der Waals surface area (Å²) in [7, 11) is 0. The van der Waals surface area contributed by atoms with Gasteiger partial charge in [-0.1, -0.05) is 37.3 Å². The van der Waals surface area contributed by atoms with Crippen LogP contribution in [0.4, 0.5) is 4.39 Å². The highest BCUT2D eigenvalue weighted by Crippen LogP contribution is 2.31. The highest BCUT2D eigenvalue weighted by atomic mass is 19.1. The number of aryl methyl sites for hydroxylation is 1. The van der Waals surface area contributed by atoms with E-state index in [0.717, 1.165) is 12.0 Å². The summed E-state index contributed by atoms with van der Waals surface area (Å²) >= 11 is 0.